The first-order valence-electron chi connectivity index (χ1n) is 14.3. The number of nitrogens with one attached hydrogen (secondary N) is 1. The minimum absolute atomic E-state index is 0.247. The van der Waals surface area contributed by atoms with E-state index in [0.717, 1.165) is 63.2 Å². The van der Waals surface area contributed by atoms with Gasteiger partial charge in [-0.3, -0.25) is 15.0 Å². The number of carbonyl (C=O) groups is 1. The Morgan fingerprint density at radius 1 is 0.952 bits per heavy atom. The molecule has 220 valence electrons. The predicted octanol–water partition coefficient (Wildman–Crippen LogP) is 5.10. The molecule has 9 nitrogen and oxygen atoms in total. The van der Waals surface area contributed by atoms with E-state index in [1.165, 1.54) is 15.6 Å². The molecule has 0 radical (unpaired) electrons. The van der Waals surface area contributed by atoms with Crippen LogP contribution in [0.15, 0.2) is 71.6 Å². The summed E-state index contributed by atoms with van der Waals surface area (Å²) in [5.74, 6) is 0.190. The summed E-state index contributed by atoms with van der Waals surface area (Å²) in [6.07, 6.45) is 2.75. The Morgan fingerprint density at radius 3 is 2.52 bits per heavy atom. The molecule has 11 heteroatoms. The lowest BCUT2D eigenvalue weighted by molar-refractivity contribution is 0.0368. The van der Waals surface area contributed by atoms with E-state index >= 15 is 0 Å². The van der Waals surface area contributed by atoms with Crippen LogP contribution in [0.5, 0.6) is 5.75 Å². The molecule has 0 aliphatic carbocycles. The Morgan fingerprint density at radius 2 is 1.76 bits per heavy atom. The number of unbranched alkanes of at least 4 members (excludes halogenated alkanes) is 1. The number of carbonyl (C=O) groups excluding carboxylic acids is 1. The number of hydrogen-bond donors (Lipinski definition) is 1. The van der Waals surface area contributed by atoms with Crippen molar-refractivity contribution in [3.63, 3.8) is 0 Å². The van der Waals surface area contributed by atoms with Crippen LogP contribution in [0.2, 0.25) is 0 Å². The van der Waals surface area contributed by atoms with E-state index in [9.17, 15) is 13.2 Å². The number of fused-ring (bicyclic) bond motifs is 1. The van der Waals surface area contributed by atoms with Crippen LogP contribution in [0.4, 0.5) is 5.13 Å². The van der Waals surface area contributed by atoms with E-state index in [0.29, 0.717) is 46.4 Å². The zero-order valence-electron chi connectivity index (χ0n) is 23.3. The van der Waals surface area contributed by atoms with Gasteiger partial charge in [-0.15, -0.1) is 0 Å². The zero-order chi connectivity index (χ0) is 28.9. The number of benzene rings is 3. The Labute approximate surface area is 250 Å². The minimum Gasteiger partial charge on any atom is -0.493 e. The molecule has 4 aromatic rings. The molecule has 3 aromatic carbocycles. The molecule has 0 bridgehead atoms. The first-order valence-corrected chi connectivity index (χ1v) is 16.6. The van der Waals surface area contributed by atoms with E-state index in [1.807, 2.05) is 42.5 Å². The first-order chi connectivity index (χ1) is 20.5. The number of ether oxygens (including phenoxy) is 2. The Kier molecular flexibility index (Phi) is 8.82. The summed E-state index contributed by atoms with van der Waals surface area (Å²) in [7, 11) is -3.50. The minimum atomic E-state index is -3.50. The van der Waals surface area contributed by atoms with Crippen LogP contribution in [-0.4, -0.2) is 81.1 Å². The van der Waals surface area contributed by atoms with Crippen molar-refractivity contribution in [3.8, 4) is 16.9 Å². The lowest BCUT2D eigenvalue weighted by atomic mass is 10.0. The molecule has 1 N–H and O–H groups in total. The average molecular weight is 607 g/mol. The second-order valence-electron chi connectivity index (χ2n) is 10.4. The molecular formula is C31H34N4O5S2. The highest BCUT2D eigenvalue weighted by molar-refractivity contribution is 7.89. The fraction of sp³-hybridized carbons (Fsp3) is 0.355. The molecule has 0 atom stereocenters. The molecule has 0 unspecified atom stereocenters. The summed E-state index contributed by atoms with van der Waals surface area (Å²) in [6.45, 7) is 6.10. The van der Waals surface area contributed by atoms with Crippen LogP contribution in [-0.2, 0) is 14.8 Å². The fourth-order valence-corrected chi connectivity index (χ4v) is 7.56. The molecule has 42 heavy (non-hydrogen) atoms. The number of hydrogen-bond acceptors (Lipinski definition) is 8. The topological polar surface area (TPSA) is 101 Å². The Bertz CT molecular complexity index is 1650. The number of nitrogens with zero attached hydrogens (tertiary/aromatic N) is 3. The van der Waals surface area contributed by atoms with Gasteiger partial charge >= 0.3 is 0 Å². The van der Waals surface area contributed by atoms with Gasteiger partial charge in [0.05, 0.1) is 40.5 Å². The van der Waals surface area contributed by atoms with Crippen molar-refractivity contribution in [2.24, 2.45) is 0 Å². The largest absolute Gasteiger partial charge is 0.493 e. The summed E-state index contributed by atoms with van der Waals surface area (Å²) >= 11 is 1.25. The van der Waals surface area contributed by atoms with Gasteiger partial charge in [-0.2, -0.15) is 4.31 Å². The number of sulfonamides is 1. The van der Waals surface area contributed by atoms with Gasteiger partial charge in [-0.1, -0.05) is 47.7 Å². The number of anilines is 1. The van der Waals surface area contributed by atoms with Crippen molar-refractivity contribution < 1.29 is 22.7 Å². The maximum Gasteiger partial charge on any atom is 0.261 e. The molecule has 0 spiro atoms. The van der Waals surface area contributed by atoms with E-state index in [-0.39, 0.29) is 10.8 Å². The number of amides is 1. The number of aromatic nitrogens is 1. The average Bonchev–Trinajstić information content (AvgIpc) is 3.38. The standard InChI is InChI=1S/C31H34N4O5S2/c36-30(33-31-32-27-12-10-25(22-29(27)41-31)42(37,38)35-14-6-15-35)26-11-9-24(23-7-2-1-3-8-23)21-28(26)40-18-5-4-13-34-16-19-39-20-17-34/h1-3,7-12,21-22H,4-6,13-20H2,(H,32,33,36). The van der Waals surface area contributed by atoms with Crippen molar-refractivity contribution in [2.75, 3.05) is 57.9 Å². The lowest BCUT2D eigenvalue weighted by Gasteiger charge is -2.29. The Balaban J connectivity index is 1.17. The monoisotopic (exact) mass is 606 g/mol. The van der Waals surface area contributed by atoms with E-state index in [1.54, 1.807) is 24.3 Å². The maximum absolute atomic E-state index is 13.5. The van der Waals surface area contributed by atoms with E-state index in [4.69, 9.17) is 9.47 Å². The third-order valence-electron chi connectivity index (χ3n) is 7.60. The van der Waals surface area contributed by atoms with Crippen LogP contribution in [0.1, 0.15) is 29.6 Å². The molecule has 2 fully saturated rings. The van der Waals surface area contributed by atoms with Crippen molar-refractivity contribution in [1.29, 1.82) is 0 Å². The molecule has 3 heterocycles. The summed E-state index contributed by atoms with van der Waals surface area (Å²) in [6, 6.07) is 20.5. The second kappa shape index (κ2) is 12.9. The molecule has 2 saturated heterocycles. The third kappa shape index (κ3) is 6.50. The van der Waals surface area contributed by atoms with E-state index in [2.05, 4.69) is 15.2 Å². The SMILES string of the molecule is O=C(Nc1nc2ccc(S(=O)(=O)N3CCC3)cc2s1)c1ccc(-c2ccccc2)cc1OCCCCN1CCOCC1. The van der Waals surface area contributed by atoms with Crippen LogP contribution in [0.3, 0.4) is 0 Å². The van der Waals surface area contributed by atoms with Crippen LogP contribution in [0.25, 0.3) is 21.3 Å². The quantitative estimate of drug-likeness (QED) is 0.237. The predicted molar refractivity (Wildman–Crippen MR) is 165 cm³/mol. The summed E-state index contributed by atoms with van der Waals surface area (Å²) in [5, 5.41) is 3.31. The molecule has 1 aromatic heterocycles. The highest BCUT2D eigenvalue weighted by Crippen LogP contribution is 2.32. The van der Waals surface area contributed by atoms with Gasteiger partial charge in [-0.25, -0.2) is 13.4 Å². The molecule has 2 aliphatic rings. The first kappa shape index (κ1) is 28.8. The molecule has 1 amide bonds. The third-order valence-corrected chi connectivity index (χ3v) is 10.4. The molecule has 0 saturated carbocycles. The molecule has 2 aliphatic heterocycles. The van der Waals surface area contributed by atoms with Crippen LogP contribution in [0, 0.1) is 0 Å². The number of morpholine rings is 1. The van der Waals surface area contributed by atoms with Crippen LogP contribution < -0.4 is 10.1 Å². The number of rotatable bonds is 11. The smallest absolute Gasteiger partial charge is 0.261 e. The van der Waals surface area contributed by atoms with E-state index < -0.39 is 10.0 Å². The van der Waals surface area contributed by atoms with Gasteiger partial charge in [0.25, 0.3) is 5.91 Å². The highest BCUT2D eigenvalue weighted by atomic mass is 32.2. The van der Waals surface area contributed by atoms with Crippen molar-refractivity contribution in [2.45, 2.75) is 24.2 Å². The second-order valence-corrected chi connectivity index (χ2v) is 13.4. The van der Waals surface area contributed by atoms with Crippen molar-refractivity contribution in [3.05, 3.63) is 72.3 Å². The van der Waals surface area contributed by atoms with Gasteiger partial charge < -0.3 is 9.47 Å². The van der Waals surface area contributed by atoms with Crippen molar-refractivity contribution in [1.82, 2.24) is 14.2 Å². The Hall–Kier alpha value is -3.35. The van der Waals surface area contributed by atoms with Gasteiger partial charge in [0, 0.05) is 26.2 Å². The van der Waals surface area contributed by atoms with Crippen LogP contribution >= 0.6 is 11.3 Å². The summed E-state index contributed by atoms with van der Waals surface area (Å²) in [4.78, 5) is 20.7. The molecular weight excluding hydrogens is 572 g/mol. The maximum atomic E-state index is 13.5. The van der Waals surface area contributed by atoms with Gasteiger partial charge in [-0.05, 0) is 67.3 Å². The van der Waals surface area contributed by atoms with Crippen molar-refractivity contribution >= 4 is 42.6 Å². The number of thiazole rings is 1. The molecule has 6 rings (SSSR count). The van der Waals surface area contributed by atoms with Gasteiger partial charge in [0.1, 0.15) is 5.75 Å². The fourth-order valence-electron chi connectivity index (χ4n) is 5.04. The summed E-state index contributed by atoms with van der Waals surface area (Å²) in [5.41, 5.74) is 3.06. The highest BCUT2D eigenvalue weighted by Gasteiger charge is 2.29. The normalized spacial score (nSPS) is 16.3. The summed E-state index contributed by atoms with van der Waals surface area (Å²) < 4.78 is 39.4. The lowest BCUT2D eigenvalue weighted by Crippen LogP contribution is -2.41. The zero-order valence-corrected chi connectivity index (χ0v) is 25.0. The van der Waals surface area contributed by atoms with Gasteiger partial charge in [0.2, 0.25) is 10.0 Å². The van der Waals surface area contributed by atoms with Gasteiger partial charge in [0.15, 0.2) is 5.13 Å².